The summed E-state index contributed by atoms with van der Waals surface area (Å²) >= 11 is 2.16. The second kappa shape index (κ2) is 6.87. The molecule has 1 N–H and O–H groups in total. The first-order valence-electron chi connectivity index (χ1n) is 6.85. The smallest absolute Gasteiger partial charge is 0.0480 e. The first-order chi connectivity index (χ1) is 7.90. The zero-order chi connectivity index (χ0) is 11.2. The lowest BCUT2D eigenvalue weighted by molar-refractivity contribution is 0.0735. The molecule has 2 unspecified atom stereocenters. The average Bonchev–Trinajstić information content (AvgIpc) is 2.33. The quantitative estimate of drug-likeness (QED) is 0.820. The number of rotatable bonds is 4. The van der Waals surface area contributed by atoms with Gasteiger partial charge >= 0.3 is 0 Å². The third kappa shape index (κ3) is 3.64. The molecule has 0 spiro atoms. The summed E-state index contributed by atoms with van der Waals surface area (Å²) in [7, 11) is 0. The Morgan fingerprint density at radius 3 is 2.62 bits per heavy atom. The Hall–Kier alpha value is 0.270. The monoisotopic (exact) mass is 243 g/mol. The molecule has 94 valence electrons. The fraction of sp³-hybridized carbons (Fsp3) is 1.00. The molecule has 1 aliphatic heterocycles. The van der Waals surface area contributed by atoms with Crippen LogP contribution in [0.4, 0.5) is 0 Å². The van der Waals surface area contributed by atoms with Gasteiger partial charge in [0.25, 0.3) is 0 Å². The molecule has 0 amide bonds. The Morgan fingerprint density at radius 2 is 1.88 bits per heavy atom. The van der Waals surface area contributed by atoms with Crippen LogP contribution in [0.15, 0.2) is 0 Å². The average molecular weight is 243 g/mol. The van der Waals surface area contributed by atoms with E-state index >= 15 is 0 Å². The van der Waals surface area contributed by atoms with Crippen molar-refractivity contribution in [2.75, 3.05) is 19.0 Å². The molecular formula is C13H25NOS. The van der Waals surface area contributed by atoms with Gasteiger partial charge in [-0.3, -0.25) is 0 Å². The predicted octanol–water partition coefficient (Wildman–Crippen LogP) is 2.82. The van der Waals surface area contributed by atoms with Crippen LogP contribution < -0.4 is 5.32 Å². The molecule has 2 fully saturated rings. The van der Waals surface area contributed by atoms with Crippen molar-refractivity contribution in [3.05, 3.63) is 0 Å². The summed E-state index contributed by atoms with van der Waals surface area (Å²) in [5.41, 5.74) is 0. The molecule has 1 saturated heterocycles. The van der Waals surface area contributed by atoms with Gasteiger partial charge in [-0.2, -0.15) is 11.8 Å². The molecule has 0 bridgehead atoms. The normalized spacial score (nSPS) is 32.8. The molecule has 0 radical (unpaired) electrons. The summed E-state index contributed by atoms with van der Waals surface area (Å²) in [5, 5.41) is 4.75. The third-order valence-corrected chi connectivity index (χ3v) is 5.08. The lowest BCUT2D eigenvalue weighted by atomic mass is 9.93. The van der Waals surface area contributed by atoms with Crippen molar-refractivity contribution >= 4 is 11.8 Å². The van der Waals surface area contributed by atoms with Crippen molar-refractivity contribution in [3.8, 4) is 0 Å². The number of ether oxygens (including phenoxy) is 1. The summed E-state index contributed by atoms with van der Waals surface area (Å²) in [6.07, 6.45) is 8.07. The lowest BCUT2D eigenvalue weighted by Crippen LogP contribution is -2.47. The Bertz CT molecular complexity index is 192. The minimum absolute atomic E-state index is 0.719. The van der Waals surface area contributed by atoms with Gasteiger partial charge in [0, 0.05) is 30.5 Å². The first kappa shape index (κ1) is 12.7. The van der Waals surface area contributed by atoms with E-state index in [0.717, 1.165) is 30.5 Å². The maximum atomic E-state index is 5.42. The van der Waals surface area contributed by atoms with Gasteiger partial charge in [-0.1, -0.05) is 19.8 Å². The Balaban J connectivity index is 1.80. The zero-order valence-electron chi connectivity index (χ0n) is 10.4. The molecule has 16 heavy (non-hydrogen) atoms. The second-order valence-corrected chi connectivity index (χ2v) is 6.45. The minimum Gasteiger partial charge on any atom is -0.381 e. The Labute approximate surface area is 104 Å². The molecule has 2 aliphatic rings. The predicted molar refractivity (Wildman–Crippen MR) is 71.2 cm³/mol. The van der Waals surface area contributed by atoms with Crippen LogP contribution in [0.5, 0.6) is 0 Å². The van der Waals surface area contributed by atoms with Crippen LogP contribution in [0.1, 0.15) is 45.4 Å². The van der Waals surface area contributed by atoms with Crippen molar-refractivity contribution in [1.82, 2.24) is 5.32 Å². The highest BCUT2D eigenvalue weighted by atomic mass is 32.2. The van der Waals surface area contributed by atoms with Gasteiger partial charge in [0.1, 0.15) is 0 Å². The van der Waals surface area contributed by atoms with Crippen LogP contribution in [0.3, 0.4) is 0 Å². The van der Waals surface area contributed by atoms with E-state index in [9.17, 15) is 0 Å². The summed E-state index contributed by atoms with van der Waals surface area (Å²) in [4.78, 5) is 0. The lowest BCUT2D eigenvalue weighted by Gasteiger charge is -2.36. The number of hydrogen-bond acceptors (Lipinski definition) is 3. The zero-order valence-corrected chi connectivity index (χ0v) is 11.2. The van der Waals surface area contributed by atoms with E-state index < -0.39 is 0 Å². The first-order valence-corrected chi connectivity index (χ1v) is 7.90. The van der Waals surface area contributed by atoms with Crippen LogP contribution in [0.25, 0.3) is 0 Å². The molecular weight excluding hydrogens is 218 g/mol. The van der Waals surface area contributed by atoms with Crippen LogP contribution in [-0.4, -0.2) is 36.3 Å². The number of nitrogens with one attached hydrogen (secondary N) is 1. The molecule has 1 heterocycles. The van der Waals surface area contributed by atoms with E-state index in [1.54, 1.807) is 0 Å². The van der Waals surface area contributed by atoms with Crippen molar-refractivity contribution in [3.63, 3.8) is 0 Å². The molecule has 0 aromatic carbocycles. The van der Waals surface area contributed by atoms with E-state index in [2.05, 4.69) is 24.0 Å². The summed E-state index contributed by atoms with van der Waals surface area (Å²) in [6, 6.07) is 1.48. The molecule has 0 aromatic heterocycles. The van der Waals surface area contributed by atoms with Gasteiger partial charge in [0.15, 0.2) is 0 Å². The van der Waals surface area contributed by atoms with Crippen molar-refractivity contribution < 1.29 is 4.74 Å². The summed E-state index contributed by atoms with van der Waals surface area (Å²) < 4.78 is 5.42. The number of thioether (sulfide) groups is 1. The summed E-state index contributed by atoms with van der Waals surface area (Å²) in [6.45, 7) is 4.19. The fourth-order valence-corrected chi connectivity index (χ4v) is 4.08. The van der Waals surface area contributed by atoms with Crippen LogP contribution >= 0.6 is 11.8 Å². The minimum atomic E-state index is 0.719. The van der Waals surface area contributed by atoms with E-state index in [0.29, 0.717) is 0 Å². The van der Waals surface area contributed by atoms with Gasteiger partial charge in [-0.05, 0) is 31.4 Å². The largest absolute Gasteiger partial charge is 0.381 e. The Kier molecular flexibility index (Phi) is 5.46. The van der Waals surface area contributed by atoms with E-state index in [-0.39, 0.29) is 0 Å². The van der Waals surface area contributed by atoms with Gasteiger partial charge < -0.3 is 10.1 Å². The van der Waals surface area contributed by atoms with Crippen LogP contribution in [-0.2, 0) is 4.74 Å². The van der Waals surface area contributed by atoms with Crippen LogP contribution in [0, 0.1) is 0 Å². The van der Waals surface area contributed by atoms with E-state index in [1.807, 2.05) is 0 Å². The van der Waals surface area contributed by atoms with Crippen molar-refractivity contribution in [2.24, 2.45) is 0 Å². The van der Waals surface area contributed by atoms with E-state index in [4.69, 9.17) is 4.74 Å². The fourth-order valence-electron chi connectivity index (χ4n) is 2.87. The molecule has 2 rings (SSSR count). The molecule has 1 aliphatic carbocycles. The molecule has 3 heteroatoms. The van der Waals surface area contributed by atoms with E-state index in [1.165, 1.54) is 44.3 Å². The highest BCUT2D eigenvalue weighted by Crippen LogP contribution is 2.29. The van der Waals surface area contributed by atoms with Gasteiger partial charge in [-0.15, -0.1) is 0 Å². The third-order valence-electron chi connectivity index (χ3n) is 3.75. The summed E-state index contributed by atoms with van der Waals surface area (Å²) in [5.74, 6) is 1.26. The van der Waals surface area contributed by atoms with Gasteiger partial charge in [0.05, 0.1) is 0 Å². The SMILES string of the molecule is CCSC1CCCCC1NC1CCOCC1. The van der Waals surface area contributed by atoms with Crippen LogP contribution in [0.2, 0.25) is 0 Å². The topological polar surface area (TPSA) is 21.3 Å². The number of hydrogen-bond donors (Lipinski definition) is 1. The maximum absolute atomic E-state index is 5.42. The van der Waals surface area contributed by atoms with Gasteiger partial charge in [-0.25, -0.2) is 0 Å². The van der Waals surface area contributed by atoms with Crippen molar-refractivity contribution in [2.45, 2.75) is 62.8 Å². The standard InChI is InChI=1S/C13H25NOS/c1-2-16-13-6-4-3-5-12(13)14-11-7-9-15-10-8-11/h11-14H,2-10H2,1H3. The second-order valence-electron chi connectivity index (χ2n) is 4.94. The molecule has 1 saturated carbocycles. The highest BCUT2D eigenvalue weighted by molar-refractivity contribution is 7.99. The molecule has 0 aromatic rings. The highest BCUT2D eigenvalue weighted by Gasteiger charge is 2.27. The molecule has 2 nitrogen and oxygen atoms in total. The van der Waals surface area contributed by atoms with Gasteiger partial charge in [0.2, 0.25) is 0 Å². The Morgan fingerprint density at radius 1 is 1.12 bits per heavy atom. The molecule has 2 atom stereocenters. The maximum Gasteiger partial charge on any atom is 0.0480 e. The van der Waals surface area contributed by atoms with Crippen molar-refractivity contribution in [1.29, 1.82) is 0 Å².